The van der Waals surface area contributed by atoms with Crippen molar-refractivity contribution < 1.29 is 4.79 Å². The lowest BCUT2D eigenvalue weighted by atomic mass is 9.77. The van der Waals surface area contributed by atoms with Crippen molar-refractivity contribution in [3.05, 3.63) is 35.4 Å². The highest BCUT2D eigenvalue weighted by Crippen LogP contribution is 2.46. The number of hydrogen-bond donors (Lipinski definition) is 0. The summed E-state index contributed by atoms with van der Waals surface area (Å²) in [6.45, 7) is 4.96. The molecule has 1 aliphatic carbocycles. The summed E-state index contributed by atoms with van der Waals surface area (Å²) in [5.74, 6) is 0.278. The summed E-state index contributed by atoms with van der Waals surface area (Å²) in [5.41, 5.74) is 2.81. The van der Waals surface area contributed by atoms with Crippen LogP contribution in [0.15, 0.2) is 24.3 Å². The van der Waals surface area contributed by atoms with E-state index in [-0.39, 0.29) is 5.78 Å². The van der Waals surface area contributed by atoms with Crippen LogP contribution in [0, 0.1) is 5.41 Å². The Morgan fingerprint density at radius 3 is 2.24 bits per heavy atom. The predicted molar refractivity (Wildman–Crippen MR) is 86.7 cm³/mol. The first-order chi connectivity index (χ1) is 10.2. The zero-order valence-electron chi connectivity index (χ0n) is 13.2. The molecular formula is C19H27NO. The lowest BCUT2D eigenvalue weighted by Gasteiger charge is -2.39. The van der Waals surface area contributed by atoms with E-state index in [4.69, 9.17) is 0 Å². The van der Waals surface area contributed by atoms with Gasteiger partial charge in [-0.3, -0.25) is 9.69 Å². The van der Waals surface area contributed by atoms with Crippen molar-refractivity contribution in [1.82, 2.24) is 4.90 Å². The lowest BCUT2D eigenvalue weighted by molar-refractivity contribution is 0.0797. The van der Waals surface area contributed by atoms with Crippen molar-refractivity contribution in [3.63, 3.8) is 0 Å². The van der Waals surface area contributed by atoms with Crippen LogP contribution in [0.5, 0.6) is 0 Å². The van der Waals surface area contributed by atoms with Gasteiger partial charge in [-0.1, -0.05) is 44.0 Å². The summed E-state index contributed by atoms with van der Waals surface area (Å²) < 4.78 is 0. The molecule has 1 aromatic carbocycles. The monoisotopic (exact) mass is 285 g/mol. The van der Waals surface area contributed by atoms with Crippen LogP contribution in [0.4, 0.5) is 0 Å². The Bertz CT molecular complexity index is 475. The van der Waals surface area contributed by atoms with Gasteiger partial charge in [-0.15, -0.1) is 0 Å². The van der Waals surface area contributed by atoms with Crippen molar-refractivity contribution in [1.29, 1.82) is 0 Å². The molecule has 114 valence electrons. The molecule has 2 nitrogen and oxygen atoms in total. The minimum Gasteiger partial charge on any atom is -0.296 e. The first-order valence-corrected chi connectivity index (χ1v) is 8.55. The summed E-state index contributed by atoms with van der Waals surface area (Å²) in [6.07, 6.45) is 9.32. The second-order valence-electron chi connectivity index (χ2n) is 6.96. The number of likely N-dealkylation sites (tertiary alicyclic amines) is 1. The zero-order valence-corrected chi connectivity index (χ0v) is 13.2. The van der Waals surface area contributed by atoms with Gasteiger partial charge in [0.25, 0.3) is 0 Å². The van der Waals surface area contributed by atoms with E-state index in [0.29, 0.717) is 12.0 Å². The number of nitrogens with zero attached hydrogens (tertiary/aromatic N) is 1. The predicted octanol–water partition coefficient (Wildman–Crippen LogP) is 4.09. The van der Waals surface area contributed by atoms with Gasteiger partial charge in [0.05, 0.1) is 6.54 Å². The van der Waals surface area contributed by atoms with Gasteiger partial charge >= 0.3 is 0 Å². The van der Waals surface area contributed by atoms with Crippen LogP contribution in [0.1, 0.15) is 61.4 Å². The molecule has 1 aromatic rings. The molecule has 21 heavy (non-hydrogen) atoms. The second-order valence-corrected chi connectivity index (χ2v) is 6.96. The molecule has 0 radical (unpaired) electrons. The molecule has 0 unspecified atom stereocenters. The SMILES string of the molecule is CCc1ccc(C(=O)CN2CCC3(CCCC3)CC2)cc1. The molecule has 1 heterocycles. The smallest absolute Gasteiger partial charge is 0.176 e. The topological polar surface area (TPSA) is 20.3 Å². The van der Waals surface area contributed by atoms with Crippen LogP contribution in [0.2, 0.25) is 0 Å². The summed E-state index contributed by atoms with van der Waals surface area (Å²) in [5, 5.41) is 0. The molecule has 1 aliphatic heterocycles. The fraction of sp³-hybridized carbons (Fsp3) is 0.632. The van der Waals surface area contributed by atoms with E-state index in [1.165, 1.54) is 44.1 Å². The van der Waals surface area contributed by atoms with Gasteiger partial charge in [-0.05, 0) is 56.2 Å². The van der Waals surface area contributed by atoms with Gasteiger partial charge < -0.3 is 0 Å². The maximum absolute atomic E-state index is 12.4. The van der Waals surface area contributed by atoms with E-state index in [2.05, 4.69) is 24.0 Å². The van der Waals surface area contributed by atoms with Gasteiger partial charge in [-0.2, -0.15) is 0 Å². The van der Waals surface area contributed by atoms with E-state index in [1.807, 2.05) is 12.1 Å². The van der Waals surface area contributed by atoms with E-state index in [1.54, 1.807) is 0 Å². The summed E-state index contributed by atoms with van der Waals surface area (Å²) >= 11 is 0. The Labute approximate surface area is 128 Å². The molecule has 0 bridgehead atoms. The average molecular weight is 285 g/mol. The molecule has 2 aliphatic rings. The number of carbonyl (C=O) groups is 1. The van der Waals surface area contributed by atoms with Gasteiger partial charge in [0.2, 0.25) is 0 Å². The normalized spacial score (nSPS) is 21.8. The molecule has 2 heteroatoms. The molecule has 2 fully saturated rings. The number of carbonyl (C=O) groups excluding carboxylic acids is 1. The summed E-state index contributed by atoms with van der Waals surface area (Å²) in [4.78, 5) is 14.7. The summed E-state index contributed by atoms with van der Waals surface area (Å²) in [7, 11) is 0. The summed E-state index contributed by atoms with van der Waals surface area (Å²) in [6, 6.07) is 8.14. The van der Waals surface area contributed by atoms with Crippen molar-refractivity contribution in [3.8, 4) is 0 Å². The first-order valence-electron chi connectivity index (χ1n) is 8.55. The van der Waals surface area contributed by atoms with Gasteiger partial charge in [-0.25, -0.2) is 0 Å². The fourth-order valence-electron chi connectivity index (χ4n) is 4.03. The first kappa shape index (κ1) is 14.8. The number of hydrogen-bond acceptors (Lipinski definition) is 2. The van der Waals surface area contributed by atoms with E-state index >= 15 is 0 Å². The van der Waals surface area contributed by atoms with Crippen LogP contribution >= 0.6 is 0 Å². The minimum atomic E-state index is 0.278. The number of aryl methyl sites for hydroxylation is 1. The van der Waals surface area contributed by atoms with Crippen LogP contribution in [0.3, 0.4) is 0 Å². The molecule has 0 atom stereocenters. The van der Waals surface area contributed by atoms with Crippen molar-refractivity contribution >= 4 is 5.78 Å². The van der Waals surface area contributed by atoms with Crippen LogP contribution < -0.4 is 0 Å². The van der Waals surface area contributed by atoms with Crippen molar-refractivity contribution in [2.45, 2.75) is 51.9 Å². The second kappa shape index (κ2) is 6.31. The lowest BCUT2D eigenvalue weighted by Crippen LogP contribution is -2.41. The van der Waals surface area contributed by atoms with E-state index in [0.717, 1.165) is 25.1 Å². The third kappa shape index (κ3) is 3.37. The number of rotatable bonds is 4. The Morgan fingerprint density at radius 1 is 1.05 bits per heavy atom. The van der Waals surface area contributed by atoms with Crippen LogP contribution in [0.25, 0.3) is 0 Å². The number of benzene rings is 1. The number of piperidine rings is 1. The Balaban J connectivity index is 1.53. The van der Waals surface area contributed by atoms with Crippen LogP contribution in [-0.2, 0) is 6.42 Å². The Kier molecular flexibility index (Phi) is 4.44. The average Bonchev–Trinajstić information content (AvgIpc) is 2.98. The van der Waals surface area contributed by atoms with Crippen molar-refractivity contribution in [2.75, 3.05) is 19.6 Å². The molecule has 1 spiro atoms. The van der Waals surface area contributed by atoms with E-state index in [9.17, 15) is 4.79 Å². The number of ketones is 1. The van der Waals surface area contributed by atoms with E-state index < -0.39 is 0 Å². The van der Waals surface area contributed by atoms with Crippen molar-refractivity contribution in [2.24, 2.45) is 5.41 Å². The van der Waals surface area contributed by atoms with Crippen LogP contribution in [-0.4, -0.2) is 30.3 Å². The quantitative estimate of drug-likeness (QED) is 0.777. The third-order valence-electron chi connectivity index (χ3n) is 5.63. The molecular weight excluding hydrogens is 258 g/mol. The van der Waals surface area contributed by atoms with Gasteiger partial charge in [0.1, 0.15) is 0 Å². The third-order valence-corrected chi connectivity index (χ3v) is 5.63. The molecule has 1 saturated heterocycles. The van der Waals surface area contributed by atoms with Gasteiger partial charge in [0, 0.05) is 5.56 Å². The van der Waals surface area contributed by atoms with Gasteiger partial charge in [0.15, 0.2) is 5.78 Å². The fourth-order valence-corrected chi connectivity index (χ4v) is 4.03. The highest BCUT2D eigenvalue weighted by molar-refractivity contribution is 5.97. The number of Topliss-reactive ketones (excluding diaryl/α,β-unsaturated/α-hetero) is 1. The maximum atomic E-state index is 12.4. The maximum Gasteiger partial charge on any atom is 0.176 e. The molecule has 0 aromatic heterocycles. The molecule has 3 rings (SSSR count). The Morgan fingerprint density at radius 2 is 1.67 bits per heavy atom. The Hall–Kier alpha value is -1.15. The largest absolute Gasteiger partial charge is 0.296 e. The standard InChI is InChI=1S/C19H27NO/c1-2-16-5-7-17(8-6-16)18(21)15-20-13-11-19(12-14-20)9-3-4-10-19/h5-8H,2-4,9-15H2,1H3. The molecule has 0 N–H and O–H groups in total. The minimum absolute atomic E-state index is 0.278. The highest BCUT2D eigenvalue weighted by Gasteiger charge is 2.37. The highest BCUT2D eigenvalue weighted by atomic mass is 16.1. The molecule has 0 amide bonds. The molecule has 1 saturated carbocycles. The zero-order chi connectivity index (χ0) is 14.7.